The SMILES string of the molecule is O=C(c1cccc(Oc2ccccn2)c1)N1CC[C@H](OCC2CC2)C1. The van der Waals surface area contributed by atoms with Crippen molar-refractivity contribution in [3.05, 3.63) is 54.2 Å². The number of carbonyl (C=O) groups excluding carboxylic acids is 1. The van der Waals surface area contributed by atoms with Crippen LogP contribution >= 0.6 is 0 Å². The zero-order valence-electron chi connectivity index (χ0n) is 14.1. The third-order valence-corrected chi connectivity index (χ3v) is 4.64. The average Bonchev–Trinajstić information content (AvgIpc) is 3.36. The van der Waals surface area contributed by atoms with Crippen LogP contribution in [0.25, 0.3) is 0 Å². The predicted molar refractivity (Wildman–Crippen MR) is 93.7 cm³/mol. The molecule has 1 aliphatic heterocycles. The molecule has 1 atom stereocenters. The molecule has 1 amide bonds. The summed E-state index contributed by atoms with van der Waals surface area (Å²) in [6.45, 7) is 2.27. The molecule has 1 saturated heterocycles. The molecule has 0 radical (unpaired) electrons. The van der Waals surface area contributed by atoms with Gasteiger partial charge in [0, 0.05) is 37.5 Å². The lowest BCUT2D eigenvalue weighted by Crippen LogP contribution is -2.30. The summed E-state index contributed by atoms with van der Waals surface area (Å²) in [5.41, 5.74) is 0.635. The molecule has 1 saturated carbocycles. The number of amides is 1. The predicted octanol–water partition coefficient (Wildman–Crippen LogP) is 3.52. The Morgan fingerprint density at radius 1 is 1.16 bits per heavy atom. The van der Waals surface area contributed by atoms with Crippen LogP contribution in [0, 0.1) is 5.92 Å². The summed E-state index contributed by atoms with van der Waals surface area (Å²) in [5, 5.41) is 0. The van der Waals surface area contributed by atoms with Crippen molar-refractivity contribution in [3.63, 3.8) is 0 Å². The second-order valence-electron chi connectivity index (χ2n) is 6.74. The van der Waals surface area contributed by atoms with Crippen molar-refractivity contribution in [1.82, 2.24) is 9.88 Å². The van der Waals surface area contributed by atoms with Gasteiger partial charge < -0.3 is 14.4 Å². The first-order valence-corrected chi connectivity index (χ1v) is 8.88. The quantitative estimate of drug-likeness (QED) is 0.809. The highest BCUT2D eigenvalue weighted by Gasteiger charge is 2.30. The van der Waals surface area contributed by atoms with Gasteiger partial charge in [0.25, 0.3) is 5.91 Å². The lowest BCUT2D eigenvalue weighted by molar-refractivity contribution is 0.0480. The first-order chi connectivity index (χ1) is 12.3. The minimum Gasteiger partial charge on any atom is -0.439 e. The van der Waals surface area contributed by atoms with Crippen molar-refractivity contribution in [1.29, 1.82) is 0 Å². The lowest BCUT2D eigenvalue weighted by atomic mass is 10.2. The number of aromatic nitrogens is 1. The molecule has 1 aromatic heterocycles. The summed E-state index contributed by atoms with van der Waals surface area (Å²) in [5.74, 6) is 1.92. The third-order valence-electron chi connectivity index (χ3n) is 4.64. The van der Waals surface area contributed by atoms with E-state index < -0.39 is 0 Å². The molecule has 2 aromatic rings. The van der Waals surface area contributed by atoms with Gasteiger partial charge in [-0.15, -0.1) is 0 Å². The summed E-state index contributed by atoms with van der Waals surface area (Å²) < 4.78 is 11.6. The normalized spacial score (nSPS) is 19.8. The van der Waals surface area contributed by atoms with E-state index in [0.29, 0.717) is 23.7 Å². The summed E-state index contributed by atoms with van der Waals surface area (Å²) in [6, 6.07) is 12.8. The van der Waals surface area contributed by atoms with Crippen molar-refractivity contribution < 1.29 is 14.3 Å². The van der Waals surface area contributed by atoms with E-state index in [1.54, 1.807) is 18.3 Å². The second-order valence-corrected chi connectivity index (χ2v) is 6.74. The monoisotopic (exact) mass is 338 g/mol. The fraction of sp³-hybridized carbons (Fsp3) is 0.400. The molecule has 5 heteroatoms. The molecule has 1 aliphatic carbocycles. The molecule has 0 unspecified atom stereocenters. The van der Waals surface area contributed by atoms with E-state index in [2.05, 4.69) is 4.98 Å². The molecule has 2 aliphatic rings. The number of nitrogens with zero attached hydrogens (tertiary/aromatic N) is 2. The molecule has 1 aromatic carbocycles. The summed E-state index contributed by atoms with van der Waals surface area (Å²) in [7, 11) is 0. The van der Waals surface area contributed by atoms with E-state index in [1.807, 2.05) is 35.2 Å². The fourth-order valence-corrected chi connectivity index (χ4v) is 3.01. The zero-order chi connectivity index (χ0) is 17.1. The Bertz CT molecular complexity index is 731. The summed E-state index contributed by atoms with van der Waals surface area (Å²) in [6.07, 6.45) is 5.35. The molecule has 25 heavy (non-hydrogen) atoms. The van der Waals surface area contributed by atoms with Gasteiger partial charge in [0.05, 0.1) is 6.10 Å². The van der Waals surface area contributed by atoms with Gasteiger partial charge in [-0.3, -0.25) is 4.79 Å². The average molecular weight is 338 g/mol. The fourth-order valence-electron chi connectivity index (χ4n) is 3.01. The summed E-state index contributed by atoms with van der Waals surface area (Å²) in [4.78, 5) is 18.8. The molecular weight excluding hydrogens is 316 g/mol. The van der Waals surface area contributed by atoms with Gasteiger partial charge in [-0.1, -0.05) is 12.1 Å². The number of ether oxygens (including phenoxy) is 2. The van der Waals surface area contributed by atoms with E-state index in [9.17, 15) is 4.79 Å². The van der Waals surface area contributed by atoms with Gasteiger partial charge in [0.1, 0.15) is 5.75 Å². The molecule has 2 heterocycles. The maximum Gasteiger partial charge on any atom is 0.254 e. The van der Waals surface area contributed by atoms with Crippen LogP contribution < -0.4 is 4.74 Å². The highest BCUT2D eigenvalue weighted by molar-refractivity contribution is 5.94. The van der Waals surface area contributed by atoms with Crippen molar-refractivity contribution in [2.75, 3.05) is 19.7 Å². The smallest absolute Gasteiger partial charge is 0.254 e. The first kappa shape index (κ1) is 16.1. The second kappa shape index (κ2) is 7.23. The standard InChI is InChI=1S/C20H22N2O3/c23-20(22-11-9-18(13-22)24-14-15-7-8-15)16-4-3-5-17(12-16)25-19-6-1-2-10-21-19/h1-6,10,12,15,18H,7-9,11,13-14H2/t18-/m0/s1. The molecule has 0 N–H and O–H groups in total. The molecule has 5 nitrogen and oxygen atoms in total. The lowest BCUT2D eigenvalue weighted by Gasteiger charge is -2.17. The number of rotatable bonds is 6. The van der Waals surface area contributed by atoms with Crippen LogP contribution in [0.3, 0.4) is 0 Å². The van der Waals surface area contributed by atoms with Crippen molar-refractivity contribution in [2.45, 2.75) is 25.4 Å². The number of benzene rings is 1. The third kappa shape index (κ3) is 4.17. The van der Waals surface area contributed by atoms with E-state index in [1.165, 1.54) is 12.8 Å². The van der Waals surface area contributed by atoms with Crippen LogP contribution in [0.15, 0.2) is 48.7 Å². The first-order valence-electron chi connectivity index (χ1n) is 8.88. The van der Waals surface area contributed by atoms with Crippen LogP contribution in [0.4, 0.5) is 0 Å². The molecule has 130 valence electrons. The Morgan fingerprint density at radius 3 is 2.88 bits per heavy atom. The minimum absolute atomic E-state index is 0.0315. The maximum absolute atomic E-state index is 12.7. The van der Waals surface area contributed by atoms with Gasteiger partial charge in [-0.05, 0) is 49.4 Å². The molecule has 0 bridgehead atoms. The zero-order valence-corrected chi connectivity index (χ0v) is 14.1. The van der Waals surface area contributed by atoms with Crippen molar-refractivity contribution in [2.24, 2.45) is 5.92 Å². The van der Waals surface area contributed by atoms with Gasteiger partial charge in [0.2, 0.25) is 5.88 Å². The number of hydrogen-bond donors (Lipinski definition) is 0. The van der Waals surface area contributed by atoms with Crippen LogP contribution in [0.5, 0.6) is 11.6 Å². The molecule has 4 rings (SSSR count). The Balaban J connectivity index is 1.37. The van der Waals surface area contributed by atoms with Gasteiger partial charge in [-0.25, -0.2) is 4.98 Å². The van der Waals surface area contributed by atoms with Crippen molar-refractivity contribution >= 4 is 5.91 Å². The summed E-state index contributed by atoms with van der Waals surface area (Å²) >= 11 is 0. The highest BCUT2D eigenvalue weighted by atomic mass is 16.5. The molecule has 0 spiro atoms. The number of hydrogen-bond acceptors (Lipinski definition) is 4. The molecular formula is C20H22N2O3. The van der Waals surface area contributed by atoms with Gasteiger partial charge >= 0.3 is 0 Å². The van der Waals surface area contributed by atoms with E-state index in [-0.39, 0.29) is 12.0 Å². The Labute approximate surface area is 147 Å². The largest absolute Gasteiger partial charge is 0.439 e. The number of carbonyl (C=O) groups is 1. The van der Waals surface area contributed by atoms with E-state index in [4.69, 9.17) is 9.47 Å². The maximum atomic E-state index is 12.7. The Morgan fingerprint density at radius 2 is 2.08 bits per heavy atom. The van der Waals surface area contributed by atoms with Gasteiger partial charge in [-0.2, -0.15) is 0 Å². The van der Waals surface area contributed by atoms with Crippen LogP contribution in [-0.4, -0.2) is 41.6 Å². The van der Waals surface area contributed by atoms with Crippen LogP contribution in [0.1, 0.15) is 29.6 Å². The number of likely N-dealkylation sites (tertiary alicyclic amines) is 1. The van der Waals surface area contributed by atoms with Gasteiger partial charge in [0.15, 0.2) is 0 Å². The van der Waals surface area contributed by atoms with E-state index in [0.717, 1.165) is 25.5 Å². The van der Waals surface area contributed by atoms with Crippen LogP contribution in [-0.2, 0) is 4.74 Å². The Hall–Kier alpha value is -2.40. The number of pyridine rings is 1. The minimum atomic E-state index is 0.0315. The van der Waals surface area contributed by atoms with E-state index >= 15 is 0 Å². The molecule has 2 fully saturated rings. The van der Waals surface area contributed by atoms with Crippen LogP contribution in [0.2, 0.25) is 0 Å². The highest BCUT2D eigenvalue weighted by Crippen LogP contribution is 2.30. The Kier molecular flexibility index (Phi) is 4.65. The topological polar surface area (TPSA) is 51.7 Å². The van der Waals surface area contributed by atoms with Crippen molar-refractivity contribution in [3.8, 4) is 11.6 Å².